The maximum absolute atomic E-state index is 12.8. The molecule has 25 heavy (non-hydrogen) atoms. The Morgan fingerprint density at radius 1 is 1.24 bits per heavy atom. The van der Waals surface area contributed by atoms with Crippen molar-refractivity contribution in [1.29, 1.82) is 0 Å². The largest absolute Gasteiger partial charge is 0.246 e. The van der Waals surface area contributed by atoms with Crippen molar-refractivity contribution >= 4 is 37.9 Å². The van der Waals surface area contributed by atoms with Gasteiger partial charge < -0.3 is 0 Å². The van der Waals surface area contributed by atoms with Gasteiger partial charge in [-0.3, -0.25) is 0 Å². The van der Waals surface area contributed by atoms with E-state index in [0.717, 1.165) is 21.0 Å². The zero-order valence-electron chi connectivity index (χ0n) is 16.3. The van der Waals surface area contributed by atoms with Crippen LogP contribution in [0.3, 0.4) is 0 Å². The van der Waals surface area contributed by atoms with E-state index in [2.05, 4.69) is 27.5 Å². The lowest BCUT2D eigenvalue weighted by Gasteiger charge is -2.05. The lowest BCUT2D eigenvalue weighted by atomic mass is 10.2. The van der Waals surface area contributed by atoms with Gasteiger partial charge in [0.05, 0.1) is 4.91 Å². The Morgan fingerprint density at radius 3 is 2.36 bits per heavy atom. The molecule has 0 saturated carbocycles. The number of aromatic nitrogens is 2. The SMILES string of the molecule is C=C/C(=C\C=C(C)C)S(=O)n1cc(C)c2cc(Br)cnc21.CC.CC. The highest BCUT2D eigenvalue weighted by Gasteiger charge is 2.14. The smallest absolute Gasteiger partial charge is 0.158 e. The molecule has 0 radical (unpaired) electrons. The maximum Gasteiger partial charge on any atom is 0.158 e. The zero-order chi connectivity index (χ0) is 19.6. The molecule has 2 aromatic heterocycles. The van der Waals surface area contributed by atoms with E-state index in [9.17, 15) is 4.21 Å². The molecule has 138 valence electrons. The summed E-state index contributed by atoms with van der Waals surface area (Å²) < 4.78 is 15.3. The van der Waals surface area contributed by atoms with Gasteiger partial charge in [0.2, 0.25) is 0 Å². The third-order valence-corrected chi connectivity index (χ3v) is 4.72. The van der Waals surface area contributed by atoms with Gasteiger partial charge in [-0.15, -0.1) is 0 Å². The highest BCUT2D eigenvalue weighted by Crippen LogP contribution is 2.24. The van der Waals surface area contributed by atoms with E-state index in [1.807, 2.05) is 72.9 Å². The fourth-order valence-corrected chi connectivity index (χ4v) is 3.33. The van der Waals surface area contributed by atoms with Crippen molar-refractivity contribution in [3.8, 4) is 0 Å². The van der Waals surface area contributed by atoms with Gasteiger partial charge in [0.25, 0.3) is 0 Å². The molecule has 0 spiro atoms. The topological polar surface area (TPSA) is 34.9 Å². The number of allylic oxidation sites excluding steroid dienone is 4. The van der Waals surface area contributed by atoms with Gasteiger partial charge in [0.15, 0.2) is 16.6 Å². The number of hydrogen-bond donors (Lipinski definition) is 0. The molecule has 1 atom stereocenters. The number of aryl methyl sites for hydroxylation is 1. The fourth-order valence-electron chi connectivity index (χ4n) is 1.89. The van der Waals surface area contributed by atoms with Gasteiger partial charge in [0, 0.05) is 22.3 Å². The Hall–Kier alpha value is -1.46. The molecule has 0 N–H and O–H groups in total. The van der Waals surface area contributed by atoms with Crippen LogP contribution in [0.2, 0.25) is 0 Å². The molecule has 0 aliphatic heterocycles. The van der Waals surface area contributed by atoms with Crippen molar-refractivity contribution in [1.82, 2.24) is 8.96 Å². The van der Waals surface area contributed by atoms with Gasteiger partial charge >= 0.3 is 0 Å². The van der Waals surface area contributed by atoms with Crippen molar-refractivity contribution in [2.75, 3.05) is 0 Å². The normalized spacial score (nSPS) is 11.6. The zero-order valence-corrected chi connectivity index (χ0v) is 18.7. The Morgan fingerprint density at radius 2 is 1.84 bits per heavy atom. The molecule has 0 aliphatic rings. The number of fused-ring (bicyclic) bond motifs is 1. The van der Waals surface area contributed by atoms with Crippen LogP contribution >= 0.6 is 15.9 Å². The molecule has 0 saturated heterocycles. The number of pyridine rings is 1. The van der Waals surface area contributed by atoms with Gasteiger partial charge in [0.1, 0.15) is 0 Å². The Bertz CT molecular complexity index is 784. The Balaban J connectivity index is 0.00000134. The highest BCUT2D eigenvalue weighted by molar-refractivity contribution is 9.10. The summed E-state index contributed by atoms with van der Waals surface area (Å²) in [5.74, 6) is 0. The number of halogens is 1. The lowest BCUT2D eigenvalue weighted by molar-refractivity contribution is 0.683. The second-order valence-corrected chi connectivity index (χ2v) is 7.21. The summed E-state index contributed by atoms with van der Waals surface area (Å²) >= 11 is 3.41. The van der Waals surface area contributed by atoms with Crippen LogP contribution in [-0.4, -0.2) is 13.2 Å². The fraction of sp³-hybridized carbons (Fsp3) is 0.350. The quantitative estimate of drug-likeness (QED) is 0.511. The molecule has 0 bridgehead atoms. The first kappa shape index (κ1) is 23.5. The first-order valence-corrected chi connectivity index (χ1v) is 10.4. The van der Waals surface area contributed by atoms with Crippen molar-refractivity contribution in [3.63, 3.8) is 0 Å². The van der Waals surface area contributed by atoms with Crippen LogP contribution in [0.1, 0.15) is 47.1 Å². The molecule has 2 rings (SSSR count). The summed E-state index contributed by atoms with van der Waals surface area (Å²) in [6, 6.07) is 1.98. The van der Waals surface area contributed by atoms with Crippen LogP contribution in [0.25, 0.3) is 11.0 Å². The average Bonchev–Trinajstić information content (AvgIpc) is 2.95. The lowest BCUT2D eigenvalue weighted by Crippen LogP contribution is -2.05. The van der Waals surface area contributed by atoms with E-state index in [1.54, 1.807) is 16.2 Å². The standard InChI is InChI=1S/C16H17BrN2OS.2C2H6/c1-5-14(7-6-11(2)3)21(20)19-10-12(4)15-8-13(17)9-18-16(15)19;2*1-2/h5-10H,1H2,2-4H3;2*1-2H3/b14-7+;;. The van der Waals surface area contributed by atoms with Crippen LogP contribution in [0, 0.1) is 6.92 Å². The summed E-state index contributed by atoms with van der Waals surface area (Å²) in [6.07, 6.45) is 8.95. The molecule has 5 heteroatoms. The van der Waals surface area contributed by atoms with Crippen LogP contribution in [-0.2, 0) is 11.0 Å². The third-order valence-electron chi connectivity index (χ3n) is 2.94. The first-order valence-electron chi connectivity index (χ1n) is 8.47. The van der Waals surface area contributed by atoms with Gasteiger partial charge in [-0.1, -0.05) is 52.0 Å². The van der Waals surface area contributed by atoms with E-state index < -0.39 is 11.0 Å². The van der Waals surface area contributed by atoms with E-state index in [1.165, 1.54) is 0 Å². The number of hydrogen-bond acceptors (Lipinski definition) is 2. The first-order chi connectivity index (χ1) is 11.9. The number of nitrogens with zero attached hydrogens (tertiary/aromatic N) is 2. The third kappa shape index (κ3) is 6.40. The molecule has 2 aromatic rings. The van der Waals surface area contributed by atoms with Gasteiger partial charge in [-0.2, -0.15) is 0 Å². The van der Waals surface area contributed by atoms with E-state index in [4.69, 9.17) is 0 Å². The van der Waals surface area contributed by atoms with Crippen molar-refractivity contribution < 1.29 is 4.21 Å². The van der Waals surface area contributed by atoms with Crippen LogP contribution in [0.5, 0.6) is 0 Å². The van der Waals surface area contributed by atoms with Crippen molar-refractivity contribution in [2.45, 2.75) is 48.5 Å². The Labute approximate surface area is 163 Å². The van der Waals surface area contributed by atoms with Gasteiger partial charge in [-0.05, 0) is 54.4 Å². The minimum atomic E-state index is -1.36. The molecule has 0 aliphatic carbocycles. The average molecular weight is 425 g/mol. The van der Waals surface area contributed by atoms with E-state index in [0.29, 0.717) is 10.6 Å². The summed E-state index contributed by atoms with van der Waals surface area (Å²) in [5.41, 5.74) is 2.89. The predicted molar refractivity (Wildman–Crippen MR) is 116 cm³/mol. The van der Waals surface area contributed by atoms with Gasteiger partial charge in [-0.25, -0.2) is 13.2 Å². The predicted octanol–water partition coefficient (Wildman–Crippen LogP) is 6.71. The molecule has 3 nitrogen and oxygen atoms in total. The van der Waals surface area contributed by atoms with E-state index >= 15 is 0 Å². The molecule has 0 aromatic carbocycles. The molecular weight excluding hydrogens is 396 g/mol. The minimum Gasteiger partial charge on any atom is -0.246 e. The van der Waals surface area contributed by atoms with E-state index in [-0.39, 0.29) is 0 Å². The molecule has 0 amide bonds. The maximum atomic E-state index is 12.8. The second-order valence-electron chi connectivity index (χ2n) is 4.93. The van der Waals surface area contributed by atoms with Crippen LogP contribution in [0.15, 0.2) is 58.2 Å². The summed E-state index contributed by atoms with van der Waals surface area (Å²) in [4.78, 5) is 5.03. The highest BCUT2D eigenvalue weighted by atomic mass is 79.9. The summed E-state index contributed by atoms with van der Waals surface area (Å²) in [6.45, 7) is 17.7. The van der Waals surface area contributed by atoms with Crippen LogP contribution in [0.4, 0.5) is 0 Å². The number of rotatable bonds is 4. The van der Waals surface area contributed by atoms with Crippen LogP contribution < -0.4 is 0 Å². The summed E-state index contributed by atoms with van der Waals surface area (Å²) in [7, 11) is -1.36. The van der Waals surface area contributed by atoms with Crippen molar-refractivity contribution in [2.24, 2.45) is 0 Å². The molecular formula is C20H29BrN2OS. The summed E-state index contributed by atoms with van der Waals surface area (Å²) in [5, 5.41) is 0.989. The minimum absolute atomic E-state index is 0.651. The molecule has 1 unspecified atom stereocenters. The molecule has 2 heterocycles. The monoisotopic (exact) mass is 424 g/mol. The second kappa shape index (κ2) is 12.0. The Kier molecular flexibility index (Phi) is 11.3. The van der Waals surface area contributed by atoms with Crippen molar-refractivity contribution in [3.05, 3.63) is 63.8 Å². The molecule has 0 fully saturated rings.